The number of piperidine rings is 1. The van der Waals surface area contributed by atoms with Gasteiger partial charge < -0.3 is 20.9 Å². The van der Waals surface area contributed by atoms with Crippen molar-refractivity contribution in [2.24, 2.45) is 35.0 Å². The van der Waals surface area contributed by atoms with Crippen LogP contribution in [0, 0.1) is 35.0 Å². The summed E-state index contributed by atoms with van der Waals surface area (Å²) in [5.74, 6) is -1.07. The third-order valence-electron chi connectivity index (χ3n) is 8.91. The molecule has 3 aliphatic carbocycles. The molecular weight excluding hydrogens is 448 g/mol. The van der Waals surface area contributed by atoms with Crippen LogP contribution in [0.25, 0.3) is 0 Å². The predicted molar refractivity (Wildman–Crippen MR) is 127 cm³/mol. The van der Waals surface area contributed by atoms with Crippen molar-refractivity contribution in [1.82, 2.24) is 20.9 Å². The molecule has 0 radical (unpaired) electrons. The van der Waals surface area contributed by atoms with Crippen LogP contribution in [0.5, 0.6) is 0 Å². The van der Waals surface area contributed by atoms with E-state index in [9.17, 15) is 24.0 Å². The van der Waals surface area contributed by atoms with E-state index in [2.05, 4.69) is 36.4 Å². The van der Waals surface area contributed by atoms with Crippen LogP contribution in [-0.2, 0) is 24.0 Å². The number of fused-ring (bicyclic) bond motifs is 1. The Kier molecular flexibility index (Phi) is 6.00. The summed E-state index contributed by atoms with van der Waals surface area (Å²) in [4.78, 5) is 66.1. The van der Waals surface area contributed by atoms with Crippen molar-refractivity contribution >= 4 is 29.4 Å². The van der Waals surface area contributed by atoms with E-state index in [0.717, 1.165) is 25.7 Å². The van der Waals surface area contributed by atoms with E-state index in [-0.39, 0.29) is 70.8 Å². The Morgan fingerprint density at radius 2 is 1.83 bits per heavy atom. The van der Waals surface area contributed by atoms with E-state index >= 15 is 0 Å². The molecule has 2 aliphatic heterocycles. The fraction of sp³-hybridized carbons (Fsp3) is 0.731. The number of nitrogens with zero attached hydrogens (tertiary/aromatic N) is 1. The minimum atomic E-state index is -0.861. The second-order valence-electron chi connectivity index (χ2n) is 11.7. The molecule has 35 heavy (non-hydrogen) atoms. The lowest BCUT2D eigenvalue weighted by molar-refractivity contribution is -0.144. The van der Waals surface area contributed by atoms with Gasteiger partial charge in [-0.15, -0.1) is 0 Å². The molecule has 5 aliphatic rings. The number of nitrogens with one attached hydrogen (secondary N) is 3. The van der Waals surface area contributed by atoms with Gasteiger partial charge >= 0.3 is 0 Å². The van der Waals surface area contributed by atoms with Gasteiger partial charge in [-0.1, -0.05) is 20.4 Å². The molecule has 190 valence electrons. The lowest BCUT2D eigenvalue weighted by Gasteiger charge is -2.34. The molecule has 4 amide bonds. The molecule has 3 saturated carbocycles. The van der Waals surface area contributed by atoms with Crippen molar-refractivity contribution in [3.63, 3.8) is 0 Å². The molecule has 2 heterocycles. The summed E-state index contributed by atoms with van der Waals surface area (Å²) in [7, 11) is 0. The number of hydrogen-bond donors (Lipinski definition) is 3. The van der Waals surface area contributed by atoms with Gasteiger partial charge in [0.25, 0.3) is 0 Å². The van der Waals surface area contributed by atoms with Crippen LogP contribution in [0.2, 0.25) is 0 Å². The average Bonchev–Trinajstić information content (AvgIpc) is 3.77. The molecule has 9 nitrogen and oxygen atoms in total. The van der Waals surface area contributed by atoms with Crippen LogP contribution in [0.15, 0.2) is 12.7 Å². The number of carbonyl (C=O) groups is 5. The lowest BCUT2D eigenvalue weighted by Crippen LogP contribution is -2.58. The van der Waals surface area contributed by atoms with Crippen molar-refractivity contribution in [3.05, 3.63) is 12.7 Å². The van der Waals surface area contributed by atoms with Crippen LogP contribution in [0.3, 0.4) is 0 Å². The largest absolute Gasteiger partial charge is 0.356 e. The Balaban J connectivity index is 1.33. The SMILES string of the molecule is C=CC(=O)[C@H](C[C@@H]1CCNC1=O)NC(=O)[C@@H]1[C@@H]2[C@H](CN1C(=O)[C@@H](NC(=O)C1CC1)C1CC1)C2(C)C. The smallest absolute Gasteiger partial charge is 0.246 e. The maximum atomic E-state index is 13.7. The Morgan fingerprint density at radius 1 is 1.11 bits per heavy atom. The highest BCUT2D eigenvalue weighted by molar-refractivity contribution is 5.99. The molecule has 0 aromatic carbocycles. The number of rotatable bonds is 10. The summed E-state index contributed by atoms with van der Waals surface area (Å²) in [5, 5.41) is 8.61. The predicted octanol–water partition coefficient (Wildman–Crippen LogP) is 0.540. The van der Waals surface area contributed by atoms with Crippen LogP contribution < -0.4 is 16.0 Å². The maximum Gasteiger partial charge on any atom is 0.246 e. The first kappa shape index (κ1) is 24.0. The first-order chi connectivity index (χ1) is 16.6. The van der Waals surface area contributed by atoms with E-state index in [1.807, 2.05) is 0 Å². The summed E-state index contributed by atoms with van der Waals surface area (Å²) in [6, 6.07) is -2.15. The van der Waals surface area contributed by atoms with E-state index in [1.54, 1.807) is 4.90 Å². The van der Waals surface area contributed by atoms with Crippen molar-refractivity contribution in [2.75, 3.05) is 13.1 Å². The summed E-state index contributed by atoms with van der Waals surface area (Å²) in [6.45, 7) is 8.80. The number of likely N-dealkylation sites (tertiary alicyclic amines) is 1. The molecule has 9 heteroatoms. The van der Waals surface area contributed by atoms with Crippen LogP contribution in [-0.4, -0.2) is 65.5 Å². The van der Waals surface area contributed by atoms with E-state index < -0.39 is 18.1 Å². The average molecular weight is 485 g/mol. The molecule has 3 N–H and O–H groups in total. The van der Waals surface area contributed by atoms with Gasteiger partial charge in [0, 0.05) is 24.9 Å². The van der Waals surface area contributed by atoms with Gasteiger partial charge in [0.05, 0.1) is 6.04 Å². The van der Waals surface area contributed by atoms with Gasteiger partial charge in [-0.3, -0.25) is 24.0 Å². The molecule has 0 aromatic heterocycles. The quantitative estimate of drug-likeness (QED) is 0.391. The zero-order valence-electron chi connectivity index (χ0n) is 20.5. The van der Waals surface area contributed by atoms with Crippen LogP contribution in [0.4, 0.5) is 0 Å². The Morgan fingerprint density at radius 3 is 2.40 bits per heavy atom. The van der Waals surface area contributed by atoms with Gasteiger partial charge in [0.1, 0.15) is 12.1 Å². The highest BCUT2D eigenvalue weighted by atomic mass is 16.2. The Labute approximate surface area is 205 Å². The second kappa shape index (κ2) is 8.75. The van der Waals surface area contributed by atoms with Crippen molar-refractivity contribution in [1.29, 1.82) is 0 Å². The minimum Gasteiger partial charge on any atom is -0.356 e. The minimum absolute atomic E-state index is 0.000279. The second-order valence-corrected chi connectivity index (χ2v) is 11.7. The lowest BCUT2D eigenvalue weighted by atomic mass is 9.94. The molecule has 0 spiro atoms. The van der Waals surface area contributed by atoms with Gasteiger partial charge in [-0.2, -0.15) is 0 Å². The fourth-order valence-corrected chi connectivity index (χ4v) is 6.22. The van der Waals surface area contributed by atoms with Crippen molar-refractivity contribution in [2.45, 2.75) is 70.5 Å². The summed E-state index contributed by atoms with van der Waals surface area (Å²) < 4.78 is 0. The van der Waals surface area contributed by atoms with Gasteiger partial charge in [0.2, 0.25) is 23.6 Å². The third kappa shape index (κ3) is 4.49. The molecule has 5 rings (SSSR count). The summed E-state index contributed by atoms with van der Waals surface area (Å²) in [6.07, 6.45) is 5.52. The molecule has 0 aromatic rings. The first-order valence-electron chi connectivity index (χ1n) is 13.0. The van der Waals surface area contributed by atoms with E-state index in [4.69, 9.17) is 0 Å². The molecule has 5 fully saturated rings. The standard InChI is InChI=1S/C26H36N4O5/c1-4-18(31)17(11-15-9-10-27-22(15)32)28-24(34)21-19-16(26(19,2)3)12-30(21)25(35)20(13-5-6-13)29-23(33)14-7-8-14/h4,13-17,19-21H,1,5-12H2,2-3H3,(H,27,32)(H,28,34)(H,29,33)/t15-,16-,17-,19-,20-,21-/m0/s1. The normalized spacial score (nSPS) is 32.2. The van der Waals surface area contributed by atoms with Crippen molar-refractivity contribution < 1.29 is 24.0 Å². The highest BCUT2D eigenvalue weighted by Crippen LogP contribution is 2.65. The number of carbonyl (C=O) groups excluding carboxylic acids is 5. The topological polar surface area (TPSA) is 125 Å². The summed E-state index contributed by atoms with van der Waals surface area (Å²) >= 11 is 0. The highest BCUT2D eigenvalue weighted by Gasteiger charge is 2.70. The summed E-state index contributed by atoms with van der Waals surface area (Å²) in [5.41, 5.74) is -0.0750. The number of amides is 4. The molecule has 2 saturated heterocycles. The fourth-order valence-electron chi connectivity index (χ4n) is 6.22. The number of ketones is 1. The van der Waals surface area contributed by atoms with Crippen LogP contribution >= 0.6 is 0 Å². The van der Waals surface area contributed by atoms with Gasteiger partial charge in [-0.05, 0) is 67.8 Å². The van der Waals surface area contributed by atoms with Crippen LogP contribution in [0.1, 0.15) is 52.4 Å². The monoisotopic (exact) mass is 484 g/mol. The Bertz CT molecular complexity index is 969. The van der Waals surface area contributed by atoms with Gasteiger partial charge in [-0.25, -0.2) is 0 Å². The van der Waals surface area contributed by atoms with Crippen molar-refractivity contribution in [3.8, 4) is 0 Å². The molecular formula is C26H36N4O5. The van der Waals surface area contributed by atoms with Gasteiger partial charge in [0.15, 0.2) is 5.78 Å². The van der Waals surface area contributed by atoms with E-state index in [1.165, 1.54) is 6.08 Å². The maximum absolute atomic E-state index is 13.7. The number of hydrogen-bond acceptors (Lipinski definition) is 5. The zero-order chi connectivity index (χ0) is 25.1. The molecule has 0 bridgehead atoms. The molecule has 6 atom stereocenters. The van der Waals surface area contributed by atoms with E-state index in [0.29, 0.717) is 19.5 Å². The molecule has 0 unspecified atom stereocenters. The third-order valence-corrected chi connectivity index (χ3v) is 8.91. The first-order valence-corrected chi connectivity index (χ1v) is 13.0. The Hall–Kier alpha value is -2.71. The zero-order valence-corrected chi connectivity index (χ0v) is 20.5.